The molecule has 0 radical (unpaired) electrons. The number of carbonyl (C=O) groups excluding carboxylic acids is 1. The number of hydrogen-bond donors (Lipinski definition) is 1. The van der Waals surface area contributed by atoms with Crippen molar-refractivity contribution in [3.05, 3.63) is 130 Å². The van der Waals surface area contributed by atoms with Crippen LogP contribution in [0.1, 0.15) is 42.0 Å². The minimum absolute atomic E-state index is 0.173. The van der Waals surface area contributed by atoms with E-state index in [2.05, 4.69) is 19.2 Å². The van der Waals surface area contributed by atoms with Crippen molar-refractivity contribution in [2.45, 2.75) is 33.6 Å². The van der Waals surface area contributed by atoms with Crippen molar-refractivity contribution in [2.75, 3.05) is 19.0 Å². The number of aromatic nitrogens is 2. The first-order valence-electron chi connectivity index (χ1n) is 15.5. The molecule has 8 heteroatoms. The van der Waals surface area contributed by atoms with Crippen LogP contribution in [0.5, 0.6) is 11.5 Å². The van der Waals surface area contributed by atoms with Crippen LogP contribution in [0.3, 0.4) is 0 Å². The summed E-state index contributed by atoms with van der Waals surface area (Å²) in [4.78, 5) is 31.8. The van der Waals surface area contributed by atoms with E-state index in [1.807, 2.05) is 105 Å². The van der Waals surface area contributed by atoms with E-state index in [-0.39, 0.29) is 24.0 Å². The van der Waals surface area contributed by atoms with Crippen molar-refractivity contribution in [3.8, 4) is 22.9 Å². The molecule has 47 heavy (non-hydrogen) atoms. The fourth-order valence-electron chi connectivity index (χ4n) is 5.60. The van der Waals surface area contributed by atoms with E-state index in [4.69, 9.17) is 19.6 Å². The summed E-state index contributed by atoms with van der Waals surface area (Å²) in [6.07, 6.45) is 1.61. The number of ether oxygens (including phenoxy) is 2. The molecule has 8 nitrogen and oxygen atoms in total. The summed E-state index contributed by atoms with van der Waals surface area (Å²) in [7, 11) is 1.66. The number of aryl methyl sites for hydroxylation is 2. The quantitative estimate of drug-likeness (QED) is 0.165. The zero-order valence-electron chi connectivity index (χ0n) is 27.1. The lowest BCUT2D eigenvalue weighted by Gasteiger charge is -2.17. The molecule has 1 amide bonds. The van der Waals surface area contributed by atoms with Gasteiger partial charge in [0.05, 0.1) is 24.2 Å². The molecule has 1 N–H and O–H groups in total. The molecule has 0 saturated heterocycles. The Balaban J connectivity index is 1.45. The van der Waals surface area contributed by atoms with Crippen LogP contribution in [0.25, 0.3) is 33.1 Å². The van der Waals surface area contributed by atoms with Crippen LogP contribution in [0, 0.1) is 13.8 Å². The number of rotatable bonds is 9. The summed E-state index contributed by atoms with van der Waals surface area (Å²) >= 11 is 0. The van der Waals surface area contributed by atoms with Gasteiger partial charge in [0, 0.05) is 16.8 Å². The number of para-hydroxylation sites is 1. The zero-order valence-corrected chi connectivity index (χ0v) is 27.1. The van der Waals surface area contributed by atoms with Crippen LogP contribution in [0.15, 0.2) is 107 Å². The zero-order chi connectivity index (χ0) is 33.1. The largest absolute Gasteiger partial charge is 0.496 e. The predicted molar refractivity (Wildman–Crippen MR) is 189 cm³/mol. The number of benzene rings is 5. The Labute approximate surface area is 273 Å². The van der Waals surface area contributed by atoms with E-state index >= 15 is 0 Å². The van der Waals surface area contributed by atoms with Crippen molar-refractivity contribution in [1.82, 2.24) is 9.66 Å². The maximum Gasteiger partial charge on any atom is 0.282 e. The molecular formula is C39H36N4O4. The van der Waals surface area contributed by atoms with Crippen LogP contribution < -0.4 is 20.3 Å². The third-order valence-electron chi connectivity index (χ3n) is 8.12. The highest BCUT2D eigenvalue weighted by Gasteiger charge is 2.19. The van der Waals surface area contributed by atoms with Gasteiger partial charge < -0.3 is 14.8 Å². The second-order valence-corrected chi connectivity index (χ2v) is 11.8. The number of amides is 1. The van der Waals surface area contributed by atoms with Gasteiger partial charge in [-0.05, 0) is 84.1 Å². The molecule has 1 heterocycles. The Morgan fingerprint density at radius 2 is 1.64 bits per heavy atom. The van der Waals surface area contributed by atoms with Crippen LogP contribution >= 0.6 is 0 Å². The summed E-state index contributed by atoms with van der Waals surface area (Å²) in [5, 5.41) is 9.92. The van der Waals surface area contributed by atoms with Gasteiger partial charge in [-0.25, -0.2) is 4.98 Å². The molecule has 0 aliphatic carbocycles. The first-order valence-corrected chi connectivity index (χ1v) is 15.5. The van der Waals surface area contributed by atoms with Gasteiger partial charge >= 0.3 is 0 Å². The van der Waals surface area contributed by atoms with Gasteiger partial charge in [-0.15, -0.1) is 0 Å². The van der Waals surface area contributed by atoms with Gasteiger partial charge in [0.15, 0.2) is 12.4 Å². The monoisotopic (exact) mass is 624 g/mol. The highest BCUT2D eigenvalue weighted by atomic mass is 16.5. The molecule has 1 aromatic heterocycles. The maximum atomic E-state index is 14.1. The van der Waals surface area contributed by atoms with Crippen molar-refractivity contribution >= 4 is 39.5 Å². The molecule has 0 aliphatic heterocycles. The molecule has 0 atom stereocenters. The lowest BCUT2D eigenvalue weighted by molar-refractivity contribution is -0.118. The summed E-state index contributed by atoms with van der Waals surface area (Å²) in [6.45, 7) is 7.94. The maximum absolute atomic E-state index is 14.1. The number of nitrogens with zero attached hydrogens (tertiary/aromatic N) is 3. The van der Waals surface area contributed by atoms with Crippen molar-refractivity contribution in [3.63, 3.8) is 0 Å². The van der Waals surface area contributed by atoms with E-state index < -0.39 is 0 Å². The Hall–Kier alpha value is -5.76. The van der Waals surface area contributed by atoms with Crippen LogP contribution in [-0.4, -0.2) is 35.5 Å². The Morgan fingerprint density at radius 3 is 2.38 bits per heavy atom. The molecule has 0 saturated carbocycles. The highest BCUT2D eigenvalue weighted by molar-refractivity contribution is 6.03. The van der Waals surface area contributed by atoms with Gasteiger partial charge in [0.2, 0.25) is 0 Å². The number of hydrogen-bond acceptors (Lipinski definition) is 6. The number of methoxy groups -OCH3 is 1. The van der Waals surface area contributed by atoms with Crippen LogP contribution in [0.4, 0.5) is 5.69 Å². The van der Waals surface area contributed by atoms with Crippen molar-refractivity contribution < 1.29 is 14.3 Å². The number of nitrogens with one attached hydrogen (secondary N) is 1. The molecular weight excluding hydrogens is 588 g/mol. The van der Waals surface area contributed by atoms with Gasteiger partial charge in [0.25, 0.3) is 11.5 Å². The molecule has 0 unspecified atom stereocenters. The second kappa shape index (κ2) is 13.3. The summed E-state index contributed by atoms with van der Waals surface area (Å²) in [5.41, 5.74) is 5.37. The second-order valence-electron chi connectivity index (χ2n) is 11.8. The molecule has 0 bridgehead atoms. The molecule has 6 aromatic rings. The molecule has 236 valence electrons. The Morgan fingerprint density at radius 1 is 0.915 bits per heavy atom. The summed E-state index contributed by atoms with van der Waals surface area (Å²) < 4.78 is 13.1. The molecule has 0 spiro atoms. The summed E-state index contributed by atoms with van der Waals surface area (Å²) in [6, 6.07) is 30.4. The molecule has 0 aliphatic rings. The van der Waals surface area contributed by atoms with E-state index in [0.717, 1.165) is 38.8 Å². The molecule has 0 fully saturated rings. The van der Waals surface area contributed by atoms with Crippen LogP contribution in [-0.2, 0) is 4.79 Å². The topological polar surface area (TPSA) is 94.8 Å². The fourth-order valence-corrected chi connectivity index (χ4v) is 5.60. The third-order valence-corrected chi connectivity index (χ3v) is 8.12. The third kappa shape index (κ3) is 6.49. The normalized spacial score (nSPS) is 11.4. The van der Waals surface area contributed by atoms with Gasteiger partial charge in [0.1, 0.15) is 11.5 Å². The average Bonchev–Trinajstić information content (AvgIpc) is 3.07. The Bertz CT molecular complexity index is 2200. The number of anilines is 1. The highest BCUT2D eigenvalue weighted by Crippen LogP contribution is 2.34. The summed E-state index contributed by atoms with van der Waals surface area (Å²) in [5.74, 6) is 1.53. The average molecular weight is 625 g/mol. The SMILES string of the molecule is COc1cc(C)c(-c2nc3ccccc3c(=O)n2N=Cc2c(OCC(=O)Nc3ccc(C)cc3)ccc3ccccc23)cc1C(C)C. The standard InChI is InChI=1S/C39H36N4O4/c1-24(2)31-21-32(26(4)20-36(31)46-5)38-42-34-13-9-8-12-30(34)39(45)43(38)40-22-33-29-11-7-6-10-27(29)16-19-35(33)47-23-37(44)41-28-17-14-25(3)15-18-28/h6-22,24H,23H2,1-5H3,(H,41,44). The Kier molecular flexibility index (Phi) is 8.84. The lowest BCUT2D eigenvalue weighted by atomic mass is 9.96. The molecule has 5 aromatic carbocycles. The van der Waals surface area contributed by atoms with Gasteiger partial charge in [-0.2, -0.15) is 9.78 Å². The minimum atomic E-state index is -0.302. The van der Waals surface area contributed by atoms with E-state index in [1.54, 1.807) is 19.4 Å². The predicted octanol–water partition coefficient (Wildman–Crippen LogP) is 7.87. The van der Waals surface area contributed by atoms with Crippen LogP contribution in [0.2, 0.25) is 0 Å². The lowest BCUT2D eigenvalue weighted by Crippen LogP contribution is -2.21. The van der Waals surface area contributed by atoms with Crippen molar-refractivity contribution in [1.29, 1.82) is 0 Å². The van der Waals surface area contributed by atoms with Gasteiger partial charge in [-0.3, -0.25) is 9.59 Å². The number of carbonyl (C=O) groups is 1. The first kappa shape index (κ1) is 31.2. The van der Waals surface area contributed by atoms with Gasteiger partial charge in [-0.1, -0.05) is 74.0 Å². The number of fused-ring (bicyclic) bond motifs is 2. The molecule has 6 rings (SSSR count). The minimum Gasteiger partial charge on any atom is -0.496 e. The van der Waals surface area contributed by atoms with E-state index in [1.165, 1.54) is 4.68 Å². The fraction of sp³-hybridized carbons (Fsp3) is 0.179. The van der Waals surface area contributed by atoms with E-state index in [9.17, 15) is 9.59 Å². The smallest absolute Gasteiger partial charge is 0.282 e. The first-order chi connectivity index (χ1) is 22.7. The van der Waals surface area contributed by atoms with E-state index in [0.29, 0.717) is 33.7 Å². The van der Waals surface area contributed by atoms with Crippen molar-refractivity contribution in [2.24, 2.45) is 5.10 Å².